The van der Waals surface area contributed by atoms with Crippen molar-refractivity contribution in [3.63, 3.8) is 0 Å². The molecule has 1 aromatic heterocycles. The van der Waals surface area contributed by atoms with Crippen LogP contribution in [0.3, 0.4) is 0 Å². The van der Waals surface area contributed by atoms with E-state index in [1.54, 1.807) is 0 Å². The van der Waals surface area contributed by atoms with Gasteiger partial charge in [-0.15, -0.1) is 0 Å². The zero-order valence-electron chi connectivity index (χ0n) is 9.28. The van der Waals surface area contributed by atoms with Crippen LogP contribution in [0.1, 0.15) is 38.6 Å². The van der Waals surface area contributed by atoms with Crippen LogP contribution in [-0.2, 0) is 17.6 Å². The summed E-state index contributed by atoms with van der Waals surface area (Å²) < 4.78 is 4.63. The van der Waals surface area contributed by atoms with Crippen molar-refractivity contribution in [1.82, 2.24) is 10.3 Å². The summed E-state index contributed by atoms with van der Waals surface area (Å²) in [6.45, 7) is 6.26. The van der Waals surface area contributed by atoms with Gasteiger partial charge in [-0.05, 0) is 11.8 Å². The molecule has 1 heterocycles. The van der Waals surface area contributed by atoms with Gasteiger partial charge in [0, 0.05) is 6.42 Å². The van der Waals surface area contributed by atoms with Gasteiger partial charge in [-0.25, -0.2) is 4.63 Å². The second-order valence-electron chi connectivity index (χ2n) is 4.79. The second-order valence-corrected chi connectivity index (χ2v) is 4.79. The SMILES string of the molecule is CC(C)(C)Cc1nonc1CCC(=O)O. The molecule has 0 aliphatic heterocycles. The summed E-state index contributed by atoms with van der Waals surface area (Å²) in [5, 5.41) is 16.1. The van der Waals surface area contributed by atoms with Gasteiger partial charge in [0.05, 0.1) is 6.42 Å². The van der Waals surface area contributed by atoms with Crippen LogP contribution in [0.25, 0.3) is 0 Å². The summed E-state index contributed by atoms with van der Waals surface area (Å²) in [6.07, 6.45) is 1.18. The van der Waals surface area contributed by atoms with Crippen LogP contribution in [0, 0.1) is 5.41 Å². The average Bonchev–Trinajstić information content (AvgIpc) is 2.45. The normalized spacial score (nSPS) is 11.7. The topological polar surface area (TPSA) is 76.2 Å². The van der Waals surface area contributed by atoms with Crippen molar-refractivity contribution in [2.24, 2.45) is 5.41 Å². The first-order chi connectivity index (χ1) is 6.88. The number of carboxylic acid groups (broad SMARTS) is 1. The van der Waals surface area contributed by atoms with E-state index in [9.17, 15) is 4.79 Å². The van der Waals surface area contributed by atoms with E-state index in [2.05, 4.69) is 35.7 Å². The fourth-order valence-electron chi connectivity index (χ4n) is 1.28. The van der Waals surface area contributed by atoms with Crippen molar-refractivity contribution in [2.45, 2.75) is 40.0 Å². The van der Waals surface area contributed by atoms with Gasteiger partial charge in [0.15, 0.2) is 0 Å². The van der Waals surface area contributed by atoms with E-state index in [0.29, 0.717) is 12.1 Å². The van der Waals surface area contributed by atoms with Gasteiger partial charge in [-0.2, -0.15) is 0 Å². The first-order valence-electron chi connectivity index (χ1n) is 4.90. The lowest BCUT2D eigenvalue weighted by Crippen LogP contribution is -2.11. The van der Waals surface area contributed by atoms with Gasteiger partial charge >= 0.3 is 5.97 Å². The molecule has 0 saturated carbocycles. The molecule has 0 aliphatic carbocycles. The second kappa shape index (κ2) is 4.42. The number of hydrogen-bond acceptors (Lipinski definition) is 4. The van der Waals surface area contributed by atoms with Crippen LogP contribution in [-0.4, -0.2) is 21.4 Å². The van der Waals surface area contributed by atoms with Gasteiger partial charge in [-0.3, -0.25) is 4.79 Å². The van der Waals surface area contributed by atoms with Crippen molar-refractivity contribution < 1.29 is 14.5 Å². The summed E-state index contributed by atoms with van der Waals surface area (Å²) in [6, 6.07) is 0. The number of hydrogen-bond donors (Lipinski definition) is 1. The molecule has 0 bridgehead atoms. The third-order valence-electron chi connectivity index (χ3n) is 1.91. The van der Waals surface area contributed by atoms with E-state index < -0.39 is 5.97 Å². The molecule has 1 rings (SSSR count). The van der Waals surface area contributed by atoms with Crippen LogP contribution in [0.5, 0.6) is 0 Å². The Morgan fingerprint density at radius 1 is 1.33 bits per heavy atom. The van der Waals surface area contributed by atoms with E-state index in [1.165, 1.54) is 0 Å². The van der Waals surface area contributed by atoms with E-state index in [0.717, 1.165) is 12.1 Å². The van der Waals surface area contributed by atoms with Gasteiger partial charge < -0.3 is 5.11 Å². The number of carboxylic acids is 1. The summed E-state index contributed by atoms with van der Waals surface area (Å²) in [7, 11) is 0. The van der Waals surface area contributed by atoms with Crippen molar-refractivity contribution in [3.05, 3.63) is 11.4 Å². The standard InChI is InChI=1S/C10H16N2O3/c1-10(2,3)6-8-7(11-15-12-8)4-5-9(13)14/h4-6H2,1-3H3,(H,13,14). The van der Waals surface area contributed by atoms with Crippen molar-refractivity contribution >= 4 is 5.97 Å². The molecule has 5 heteroatoms. The zero-order chi connectivity index (χ0) is 11.5. The summed E-state index contributed by atoms with van der Waals surface area (Å²) in [4.78, 5) is 10.4. The molecular formula is C10H16N2O3. The minimum absolute atomic E-state index is 0.0609. The number of aliphatic carboxylic acids is 1. The molecule has 0 aliphatic rings. The van der Waals surface area contributed by atoms with E-state index in [4.69, 9.17) is 5.11 Å². The molecule has 1 N–H and O–H groups in total. The maximum absolute atomic E-state index is 10.4. The highest BCUT2D eigenvalue weighted by molar-refractivity contribution is 5.66. The Morgan fingerprint density at radius 3 is 2.47 bits per heavy atom. The first-order valence-corrected chi connectivity index (χ1v) is 4.90. The largest absolute Gasteiger partial charge is 0.481 e. The summed E-state index contributed by atoms with van der Waals surface area (Å²) >= 11 is 0. The molecule has 0 fully saturated rings. The Kier molecular flexibility index (Phi) is 3.44. The molecule has 1 aromatic rings. The Hall–Kier alpha value is -1.39. The molecular weight excluding hydrogens is 196 g/mol. The van der Waals surface area contributed by atoms with Gasteiger partial charge in [0.25, 0.3) is 0 Å². The average molecular weight is 212 g/mol. The number of aromatic nitrogens is 2. The van der Waals surface area contributed by atoms with Gasteiger partial charge in [0.2, 0.25) is 0 Å². The van der Waals surface area contributed by atoms with Crippen molar-refractivity contribution in [1.29, 1.82) is 0 Å². The Bertz CT molecular complexity index is 339. The molecule has 0 aromatic carbocycles. The Balaban J connectivity index is 2.65. The van der Waals surface area contributed by atoms with Crippen LogP contribution in [0.2, 0.25) is 0 Å². The highest BCUT2D eigenvalue weighted by Gasteiger charge is 2.18. The third-order valence-corrected chi connectivity index (χ3v) is 1.91. The van der Waals surface area contributed by atoms with Gasteiger partial charge in [0.1, 0.15) is 11.4 Å². The van der Waals surface area contributed by atoms with Crippen LogP contribution >= 0.6 is 0 Å². The lowest BCUT2D eigenvalue weighted by Gasteiger charge is -2.15. The molecule has 0 unspecified atom stereocenters. The molecule has 0 radical (unpaired) electrons. The quantitative estimate of drug-likeness (QED) is 0.821. The molecule has 5 nitrogen and oxygen atoms in total. The predicted molar refractivity (Wildman–Crippen MR) is 53.4 cm³/mol. The maximum Gasteiger partial charge on any atom is 0.303 e. The monoisotopic (exact) mass is 212 g/mol. The Morgan fingerprint density at radius 2 is 1.93 bits per heavy atom. The minimum Gasteiger partial charge on any atom is -0.481 e. The molecule has 0 amide bonds. The van der Waals surface area contributed by atoms with Crippen molar-refractivity contribution in [2.75, 3.05) is 0 Å². The van der Waals surface area contributed by atoms with Crippen LogP contribution < -0.4 is 0 Å². The number of nitrogens with zero attached hydrogens (tertiary/aromatic N) is 2. The van der Waals surface area contributed by atoms with Crippen LogP contribution in [0.15, 0.2) is 4.63 Å². The smallest absolute Gasteiger partial charge is 0.303 e. The predicted octanol–water partition coefficient (Wildman–Crippen LogP) is 1.68. The molecule has 0 atom stereocenters. The van der Waals surface area contributed by atoms with E-state index >= 15 is 0 Å². The van der Waals surface area contributed by atoms with Gasteiger partial charge in [-0.1, -0.05) is 31.1 Å². The zero-order valence-corrected chi connectivity index (χ0v) is 9.28. The van der Waals surface area contributed by atoms with E-state index in [-0.39, 0.29) is 11.8 Å². The number of carbonyl (C=O) groups is 1. The molecule has 84 valence electrons. The summed E-state index contributed by atoms with van der Waals surface area (Å²) in [5.41, 5.74) is 1.52. The highest BCUT2D eigenvalue weighted by atomic mass is 16.6. The summed E-state index contributed by atoms with van der Waals surface area (Å²) in [5.74, 6) is -0.834. The number of aryl methyl sites for hydroxylation is 1. The fourth-order valence-corrected chi connectivity index (χ4v) is 1.28. The number of rotatable bonds is 4. The Labute approximate surface area is 88.4 Å². The van der Waals surface area contributed by atoms with Crippen LogP contribution in [0.4, 0.5) is 0 Å². The van der Waals surface area contributed by atoms with Crippen molar-refractivity contribution in [3.8, 4) is 0 Å². The maximum atomic E-state index is 10.4. The third kappa shape index (κ3) is 4.10. The molecule has 0 saturated heterocycles. The highest BCUT2D eigenvalue weighted by Crippen LogP contribution is 2.21. The minimum atomic E-state index is -0.834. The van der Waals surface area contributed by atoms with E-state index in [1.807, 2.05) is 0 Å². The molecule has 15 heavy (non-hydrogen) atoms. The fraction of sp³-hybridized carbons (Fsp3) is 0.700. The molecule has 0 spiro atoms. The lowest BCUT2D eigenvalue weighted by molar-refractivity contribution is -0.136. The first kappa shape index (κ1) is 11.7. The lowest BCUT2D eigenvalue weighted by atomic mass is 9.89.